The molecule has 1 N–H and O–H groups in total. The Labute approximate surface area is 187 Å². The summed E-state index contributed by atoms with van der Waals surface area (Å²) < 4.78 is 14.4. The number of hydrogen-bond donors (Lipinski definition) is 1. The second kappa shape index (κ2) is 8.70. The summed E-state index contributed by atoms with van der Waals surface area (Å²) in [5, 5.41) is 10.2. The number of nitrogens with zero attached hydrogens (tertiary/aromatic N) is 3. The van der Waals surface area contributed by atoms with Crippen LogP contribution in [0, 0.1) is 0 Å². The van der Waals surface area contributed by atoms with Gasteiger partial charge in [-0.05, 0) is 49.9 Å². The molecule has 160 valence electrons. The highest BCUT2D eigenvalue weighted by molar-refractivity contribution is 8.01. The van der Waals surface area contributed by atoms with Crippen LogP contribution >= 0.6 is 23.1 Å². The number of hydrogen-bond acceptors (Lipinski definition) is 8. The number of thiazole rings is 1. The quantitative estimate of drug-likeness (QED) is 0.448. The number of rotatable bonds is 7. The van der Waals surface area contributed by atoms with E-state index in [2.05, 4.69) is 9.97 Å². The molecule has 0 amide bonds. The molecule has 0 saturated carbocycles. The van der Waals surface area contributed by atoms with Gasteiger partial charge in [-0.3, -0.25) is 9.36 Å². The van der Waals surface area contributed by atoms with Crippen molar-refractivity contribution in [1.82, 2.24) is 14.5 Å². The molecule has 31 heavy (non-hydrogen) atoms. The Balaban J connectivity index is 1.63. The van der Waals surface area contributed by atoms with Crippen molar-refractivity contribution in [1.29, 1.82) is 0 Å². The molecular weight excluding hydrogens is 434 g/mol. The summed E-state index contributed by atoms with van der Waals surface area (Å²) in [5.74, 6) is 0.949. The molecule has 2 aromatic carbocycles. The molecule has 0 fully saturated rings. The smallest absolute Gasteiger partial charge is 0.288 e. The first-order chi connectivity index (χ1) is 14.8. The normalized spacial score (nSPS) is 11.6. The van der Waals surface area contributed by atoms with E-state index in [0.29, 0.717) is 22.2 Å². The summed E-state index contributed by atoms with van der Waals surface area (Å²) >= 11 is 2.78. The van der Waals surface area contributed by atoms with Gasteiger partial charge in [0.1, 0.15) is 6.61 Å². The van der Waals surface area contributed by atoms with E-state index < -0.39 is 5.60 Å². The van der Waals surface area contributed by atoms with E-state index in [9.17, 15) is 9.90 Å². The summed E-state index contributed by atoms with van der Waals surface area (Å²) in [6, 6.07) is 13.0. The van der Waals surface area contributed by atoms with E-state index in [1.807, 2.05) is 24.3 Å². The lowest BCUT2D eigenvalue weighted by molar-refractivity contribution is 0.0276. The summed E-state index contributed by atoms with van der Waals surface area (Å²) in [5.41, 5.74) is 0.293. The van der Waals surface area contributed by atoms with Crippen molar-refractivity contribution < 1.29 is 14.6 Å². The molecule has 0 unspecified atom stereocenters. The van der Waals surface area contributed by atoms with Gasteiger partial charge in [-0.25, -0.2) is 9.97 Å². The van der Waals surface area contributed by atoms with Gasteiger partial charge < -0.3 is 14.6 Å². The fourth-order valence-electron chi connectivity index (χ4n) is 2.82. The molecule has 7 nitrogen and oxygen atoms in total. The molecule has 0 spiro atoms. The maximum atomic E-state index is 13.1. The van der Waals surface area contributed by atoms with E-state index in [1.165, 1.54) is 34.8 Å². The van der Waals surface area contributed by atoms with Crippen LogP contribution in [0.3, 0.4) is 0 Å². The number of ether oxygens (including phenoxy) is 2. The maximum absolute atomic E-state index is 13.1. The van der Waals surface area contributed by atoms with E-state index >= 15 is 0 Å². The van der Waals surface area contributed by atoms with E-state index in [0.717, 1.165) is 14.6 Å². The molecule has 0 atom stereocenters. The fraction of sp³-hybridized carbons (Fsp3) is 0.227. The van der Waals surface area contributed by atoms with Gasteiger partial charge in [-0.2, -0.15) is 0 Å². The van der Waals surface area contributed by atoms with Crippen molar-refractivity contribution in [2.45, 2.75) is 28.8 Å². The third-order valence-electron chi connectivity index (χ3n) is 4.27. The largest absolute Gasteiger partial charge is 0.493 e. The van der Waals surface area contributed by atoms with Crippen LogP contribution in [0.2, 0.25) is 0 Å². The Bertz CT molecular complexity index is 1240. The van der Waals surface area contributed by atoms with Crippen LogP contribution in [0.1, 0.15) is 13.8 Å². The van der Waals surface area contributed by atoms with Crippen LogP contribution in [0.15, 0.2) is 69.0 Å². The molecule has 2 aromatic heterocycles. The van der Waals surface area contributed by atoms with Crippen LogP contribution in [-0.4, -0.2) is 39.0 Å². The molecule has 0 aliphatic carbocycles. The predicted molar refractivity (Wildman–Crippen MR) is 122 cm³/mol. The second-order valence-electron chi connectivity index (χ2n) is 7.39. The molecule has 0 radical (unpaired) electrons. The van der Waals surface area contributed by atoms with E-state index in [4.69, 9.17) is 9.47 Å². The minimum Gasteiger partial charge on any atom is -0.493 e. The summed E-state index contributed by atoms with van der Waals surface area (Å²) in [6.07, 6.45) is 3.19. The van der Waals surface area contributed by atoms with Crippen LogP contribution in [-0.2, 0) is 0 Å². The summed E-state index contributed by atoms with van der Waals surface area (Å²) in [4.78, 5) is 21.9. The van der Waals surface area contributed by atoms with Gasteiger partial charge in [-0.1, -0.05) is 12.1 Å². The van der Waals surface area contributed by atoms with Gasteiger partial charge >= 0.3 is 0 Å². The molecular formula is C22H21N3O4S2. The number of fused-ring (bicyclic) bond motifs is 1. The van der Waals surface area contributed by atoms with Crippen LogP contribution in [0.5, 0.6) is 11.5 Å². The lowest BCUT2D eigenvalue weighted by Crippen LogP contribution is -2.28. The molecule has 0 bridgehead atoms. The highest BCUT2D eigenvalue weighted by Gasteiger charge is 2.17. The summed E-state index contributed by atoms with van der Waals surface area (Å²) in [7, 11) is 1.53. The highest BCUT2D eigenvalue weighted by Crippen LogP contribution is 2.33. The number of para-hydroxylation sites is 1. The number of benzene rings is 2. The minimum absolute atomic E-state index is 0.112. The standard InChI is InChI=1S/C22H21N3O4S2/c1-22(2,27)13-29-16-9-8-14(12-17(16)28-3)25-11-10-23-19(20(25)26)31-21-24-15-6-4-5-7-18(15)30-21/h4-12,27H,13H2,1-3H3. The van der Waals surface area contributed by atoms with Crippen molar-refractivity contribution in [2.75, 3.05) is 13.7 Å². The first-order valence-electron chi connectivity index (χ1n) is 9.49. The number of methoxy groups -OCH3 is 1. The monoisotopic (exact) mass is 455 g/mol. The molecule has 0 saturated heterocycles. The van der Waals surface area contributed by atoms with E-state index in [1.54, 1.807) is 44.4 Å². The Hall–Kier alpha value is -2.88. The van der Waals surface area contributed by atoms with Crippen LogP contribution < -0.4 is 15.0 Å². The maximum Gasteiger partial charge on any atom is 0.288 e. The van der Waals surface area contributed by atoms with Gasteiger partial charge in [-0.15, -0.1) is 11.3 Å². The first kappa shape index (κ1) is 21.4. The Morgan fingerprint density at radius 1 is 1.19 bits per heavy atom. The van der Waals surface area contributed by atoms with Crippen LogP contribution in [0.25, 0.3) is 15.9 Å². The van der Waals surface area contributed by atoms with E-state index in [-0.39, 0.29) is 12.2 Å². The predicted octanol–water partition coefficient (Wildman–Crippen LogP) is 4.15. The lowest BCUT2D eigenvalue weighted by Gasteiger charge is -2.19. The van der Waals surface area contributed by atoms with Gasteiger partial charge in [0.15, 0.2) is 20.9 Å². The third kappa shape index (κ3) is 4.90. The van der Waals surface area contributed by atoms with Crippen LogP contribution in [0.4, 0.5) is 0 Å². The Morgan fingerprint density at radius 3 is 2.74 bits per heavy atom. The fourth-order valence-corrected chi connectivity index (χ4v) is 4.80. The van der Waals surface area contributed by atoms with Crippen molar-refractivity contribution >= 4 is 33.3 Å². The minimum atomic E-state index is -0.974. The lowest BCUT2D eigenvalue weighted by atomic mass is 10.2. The first-order valence-corrected chi connectivity index (χ1v) is 11.1. The zero-order valence-electron chi connectivity index (χ0n) is 17.2. The number of aromatic nitrogens is 3. The average Bonchev–Trinajstić information content (AvgIpc) is 3.15. The van der Waals surface area contributed by atoms with Gasteiger partial charge in [0.2, 0.25) is 0 Å². The van der Waals surface area contributed by atoms with Crippen molar-refractivity contribution in [2.24, 2.45) is 0 Å². The highest BCUT2D eigenvalue weighted by atomic mass is 32.2. The molecule has 0 aliphatic heterocycles. The molecule has 4 aromatic rings. The summed E-state index contributed by atoms with van der Waals surface area (Å²) in [6.45, 7) is 3.44. The Kier molecular flexibility index (Phi) is 5.99. The topological polar surface area (TPSA) is 86.5 Å². The zero-order chi connectivity index (χ0) is 22.0. The average molecular weight is 456 g/mol. The van der Waals surface area contributed by atoms with Crippen molar-refractivity contribution in [3.05, 3.63) is 65.2 Å². The van der Waals surface area contributed by atoms with Gasteiger partial charge in [0, 0.05) is 18.5 Å². The second-order valence-corrected chi connectivity index (χ2v) is 9.66. The molecule has 4 rings (SSSR count). The molecule has 9 heteroatoms. The number of aliphatic hydroxyl groups is 1. The molecule has 0 aliphatic rings. The van der Waals surface area contributed by atoms with Gasteiger partial charge in [0.25, 0.3) is 5.56 Å². The SMILES string of the molecule is COc1cc(-n2ccnc(Sc3nc4ccccc4s3)c2=O)ccc1OCC(C)(C)O. The Morgan fingerprint density at radius 2 is 2.00 bits per heavy atom. The van der Waals surface area contributed by atoms with Crippen molar-refractivity contribution in [3.63, 3.8) is 0 Å². The zero-order valence-corrected chi connectivity index (χ0v) is 18.9. The van der Waals surface area contributed by atoms with Crippen molar-refractivity contribution in [3.8, 4) is 17.2 Å². The molecule has 2 heterocycles. The third-order valence-corrected chi connectivity index (χ3v) is 6.34. The van der Waals surface area contributed by atoms with Gasteiger partial charge in [0.05, 0.1) is 28.6 Å².